The number of piperidine rings is 2. The zero-order chi connectivity index (χ0) is 6.55. The van der Waals surface area contributed by atoms with E-state index in [-0.39, 0.29) is 0 Å². The van der Waals surface area contributed by atoms with E-state index >= 15 is 0 Å². The minimum absolute atomic E-state index is 0.603. The van der Waals surface area contributed by atoms with Gasteiger partial charge in [-0.05, 0) is 18.8 Å². The Labute approximate surface area is 61.1 Å². The van der Waals surface area contributed by atoms with Crippen LogP contribution in [0, 0.1) is 5.92 Å². The number of hydrogen-bond donors (Lipinski definition) is 0. The number of rotatable bonds is 0. The zero-order valence-corrected chi connectivity index (χ0v) is 6.12. The van der Waals surface area contributed by atoms with E-state index in [9.17, 15) is 0 Å². The van der Waals surface area contributed by atoms with Gasteiger partial charge in [-0.25, -0.2) is 0 Å². The summed E-state index contributed by atoms with van der Waals surface area (Å²) >= 11 is 0. The second-order valence-electron chi connectivity index (χ2n) is 3.94. The van der Waals surface area contributed by atoms with Crippen molar-refractivity contribution in [1.29, 1.82) is 0 Å². The molecule has 4 aliphatic heterocycles. The maximum absolute atomic E-state index is 5.78. The van der Waals surface area contributed by atoms with Crippen molar-refractivity contribution in [3.63, 3.8) is 0 Å². The summed E-state index contributed by atoms with van der Waals surface area (Å²) in [6.45, 7) is 3.79. The predicted octanol–water partition coefficient (Wildman–Crippen LogP) is 0.479. The third kappa shape index (κ3) is 0.663. The van der Waals surface area contributed by atoms with E-state index < -0.39 is 0 Å². The highest BCUT2D eigenvalue weighted by Crippen LogP contribution is 2.35. The van der Waals surface area contributed by atoms with Gasteiger partial charge in [0.05, 0.1) is 12.2 Å². The Bertz CT molecular complexity index is 101. The van der Waals surface area contributed by atoms with Gasteiger partial charge in [-0.2, -0.15) is 0 Å². The average Bonchev–Trinajstić information content (AvgIpc) is 1.82. The van der Waals surface area contributed by atoms with Gasteiger partial charge in [0.15, 0.2) is 0 Å². The maximum Gasteiger partial charge on any atom is 0.0709 e. The van der Waals surface area contributed by atoms with Gasteiger partial charge in [0.25, 0.3) is 0 Å². The van der Waals surface area contributed by atoms with Crippen LogP contribution in [0.25, 0.3) is 0 Å². The molecule has 0 N–H and O–H groups in total. The van der Waals surface area contributed by atoms with Crippen molar-refractivity contribution >= 4 is 0 Å². The number of morpholine rings is 1. The van der Waals surface area contributed by atoms with Gasteiger partial charge in [-0.3, -0.25) is 4.90 Å². The minimum Gasteiger partial charge on any atom is -0.372 e. The first kappa shape index (κ1) is 5.56. The molecule has 2 nitrogen and oxygen atoms in total. The van der Waals surface area contributed by atoms with Crippen LogP contribution in [-0.4, -0.2) is 36.7 Å². The predicted molar refractivity (Wildman–Crippen MR) is 37.8 cm³/mol. The summed E-state index contributed by atoms with van der Waals surface area (Å²) in [5, 5.41) is 0. The Morgan fingerprint density at radius 2 is 1.70 bits per heavy atom. The summed E-state index contributed by atoms with van der Waals surface area (Å²) in [5.74, 6) is 0.978. The highest BCUT2D eigenvalue weighted by Gasteiger charge is 2.41. The molecule has 4 rings (SSSR count). The van der Waals surface area contributed by atoms with Gasteiger partial charge in [0.1, 0.15) is 0 Å². The molecule has 0 aromatic rings. The molecular formula is C8H13NO. The smallest absolute Gasteiger partial charge is 0.0709 e. The number of ether oxygens (including phenoxy) is 1. The first-order valence-corrected chi connectivity index (χ1v) is 4.28. The Kier molecular flexibility index (Phi) is 0.968. The van der Waals surface area contributed by atoms with Crippen LogP contribution in [-0.2, 0) is 4.74 Å². The first-order valence-electron chi connectivity index (χ1n) is 4.28. The van der Waals surface area contributed by atoms with E-state index in [4.69, 9.17) is 4.74 Å². The largest absolute Gasteiger partial charge is 0.372 e. The van der Waals surface area contributed by atoms with Gasteiger partial charge in [-0.15, -0.1) is 0 Å². The van der Waals surface area contributed by atoms with Crippen LogP contribution in [0.1, 0.15) is 12.8 Å². The molecule has 0 amide bonds. The SMILES string of the molecule is C1C2CC3CN(C2)CC1O3. The third-order valence-electron chi connectivity index (χ3n) is 3.02. The van der Waals surface area contributed by atoms with Gasteiger partial charge in [0, 0.05) is 19.6 Å². The Morgan fingerprint density at radius 3 is 2.20 bits per heavy atom. The van der Waals surface area contributed by atoms with Gasteiger partial charge in [-0.1, -0.05) is 0 Å². The van der Waals surface area contributed by atoms with Crippen molar-refractivity contribution in [1.82, 2.24) is 4.90 Å². The summed E-state index contributed by atoms with van der Waals surface area (Å²) < 4.78 is 5.78. The van der Waals surface area contributed by atoms with Crippen molar-refractivity contribution < 1.29 is 4.74 Å². The summed E-state index contributed by atoms with van der Waals surface area (Å²) in [5.41, 5.74) is 0. The fourth-order valence-corrected chi connectivity index (χ4v) is 2.77. The highest BCUT2D eigenvalue weighted by atomic mass is 16.5. The molecule has 0 radical (unpaired) electrons. The van der Waals surface area contributed by atoms with E-state index in [2.05, 4.69) is 4.90 Å². The maximum atomic E-state index is 5.78. The molecular weight excluding hydrogens is 126 g/mol. The molecule has 56 valence electrons. The van der Waals surface area contributed by atoms with Crippen molar-refractivity contribution in [3.8, 4) is 0 Å². The third-order valence-corrected chi connectivity index (χ3v) is 3.02. The molecule has 4 bridgehead atoms. The second-order valence-corrected chi connectivity index (χ2v) is 3.94. The Morgan fingerprint density at radius 1 is 1.00 bits per heavy atom. The second kappa shape index (κ2) is 1.74. The molecule has 4 aliphatic rings. The fraction of sp³-hybridized carbons (Fsp3) is 1.00. The van der Waals surface area contributed by atoms with Crippen molar-refractivity contribution in [2.24, 2.45) is 5.92 Å². The molecule has 4 heterocycles. The zero-order valence-electron chi connectivity index (χ0n) is 6.12. The van der Waals surface area contributed by atoms with Gasteiger partial charge >= 0.3 is 0 Å². The van der Waals surface area contributed by atoms with E-state index in [0.717, 1.165) is 5.92 Å². The summed E-state index contributed by atoms with van der Waals surface area (Å²) in [4.78, 5) is 2.57. The average molecular weight is 139 g/mol. The Hall–Kier alpha value is -0.0800. The fourth-order valence-electron chi connectivity index (χ4n) is 2.77. The number of nitrogens with zero attached hydrogens (tertiary/aromatic N) is 1. The minimum atomic E-state index is 0.603. The highest BCUT2D eigenvalue weighted by molar-refractivity contribution is 4.93. The lowest BCUT2D eigenvalue weighted by Gasteiger charge is -2.51. The quantitative estimate of drug-likeness (QED) is 0.484. The van der Waals surface area contributed by atoms with E-state index in [0.29, 0.717) is 12.2 Å². The first-order chi connectivity index (χ1) is 4.90. The molecule has 10 heavy (non-hydrogen) atoms. The molecule has 4 fully saturated rings. The standard InChI is InChI=1S/C8H13NO/c1-6-2-8-5-9(3-6)4-7(1)10-8/h6-8H,1-5H2. The van der Waals surface area contributed by atoms with Crippen LogP contribution < -0.4 is 0 Å². The summed E-state index contributed by atoms with van der Waals surface area (Å²) in [6, 6.07) is 0. The van der Waals surface area contributed by atoms with Crippen LogP contribution in [0.5, 0.6) is 0 Å². The van der Waals surface area contributed by atoms with Crippen LogP contribution in [0.15, 0.2) is 0 Å². The topological polar surface area (TPSA) is 12.5 Å². The summed E-state index contributed by atoms with van der Waals surface area (Å²) in [7, 11) is 0. The molecule has 0 aromatic heterocycles. The molecule has 2 atom stereocenters. The summed E-state index contributed by atoms with van der Waals surface area (Å²) in [6.07, 6.45) is 3.89. The van der Waals surface area contributed by atoms with Gasteiger partial charge in [0.2, 0.25) is 0 Å². The molecule has 0 spiro atoms. The van der Waals surface area contributed by atoms with E-state index in [1.807, 2.05) is 0 Å². The monoisotopic (exact) mass is 139 g/mol. The molecule has 4 saturated heterocycles. The Balaban J connectivity index is 1.90. The van der Waals surface area contributed by atoms with Gasteiger partial charge < -0.3 is 4.74 Å². The lowest BCUT2D eigenvalue weighted by molar-refractivity contribution is -0.168. The molecule has 2 heteroatoms. The van der Waals surface area contributed by atoms with Crippen molar-refractivity contribution in [3.05, 3.63) is 0 Å². The molecule has 0 saturated carbocycles. The number of hydrogen-bond acceptors (Lipinski definition) is 2. The molecule has 0 aromatic carbocycles. The lowest BCUT2D eigenvalue weighted by atomic mass is 9.83. The van der Waals surface area contributed by atoms with E-state index in [1.54, 1.807) is 0 Å². The normalized spacial score (nSPS) is 57.6. The van der Waals surface area contributed by atoms with Crippen LogP contribution in [0.3, 0.4) is 0 Å². The van der Waals surface area contributed by atoms with Crippen LogP contribution >= 0.6 is 0 Å². The van der Waals surface area contributed by atoms with Crippen molar-refractivity contribution in [2.75, 3.05) is 19.6 Å². The van der Waals surface area contributed by atoms with E-state index in [1.165, 1.54) is 32.5 Å². The van der Waals surface area contributed by atoms with Crippen molar-refractivity contribution in [2.45, 2.75) is 25.0 Å². The molecule has 0 aliphatic carbocycles. The molecule has 2 unspecified atom stereocenters. The lowest BCUT2D eigenvalue weighted by Crippen LogP contribution is -2.59. The van der Waals surface area contributed by atoms with Crippen LogP contribution in [0.2, 0.25) is 0 Å². The van der Waals surface area contributed by atoms with Crippen LogP contribution in [0.4, 0.5) is 0 Å².